The molecule has 8 heteroatoms. The van der Waals surface area contributed by atoms with Crippen molar-refractivity contribution in [3.05, 3.63) is 53.7 Å². The Bertz CT molecular complexity index is 1140. The molecule has 0 amide bonds. The minimum atomic E-state index is 0.152. The number of ether oxygens (including phenoxy) is 2. The van der Waals surface area contributed by atoms with Crippen LogP contribution in [0.2, 0.25) is 0 Å². The molecule has 0 saturated carbocycles. The van der Waals surface area contributed by atoms with E-state index in [0.29, 0.717) is 23.1 Å². The summed E-state index contributed by atoms with van der Waals surface area (Å²) in [6.45, 7) is 0.870. The second-order valence-corrected chi connectivity index (χ2v) is 8.11. The average Bonchev–Trinajstić information content (AvgIpc) is 3.45. The molecule has 5 rings (SSSR count). The molecule has 1 saturated heterocycles. The molecule has 0 bridgehead atoms. The zero-order chi connectivity index (χ0) is 20.5. The van der Waals surface area contributed by atoms with Crippen molar-refractivity contribution in [2.45, 2.75) is 18.9 Å². The highest BCUT2D eigenvalue weighted by molar-refractivity contribution is 7.18. The Balaban J connectivity index is 1.54. The van der Waals surface area contributed by atoms with Gasteiger partial charge < -0.3 is 14.4 Å². The zero-order valence-corrected chi connectivity index (χ0v) is 17.6. The number of hydrogen-bond donors (Lipinski definition) is 0. The monoisotopic (exact) mass is 419 g/mol. The van der Waals surface area contributed by atoms with E-state index in [4.69, 9.17) is 19.4 Å². The molecular weight excluding hydrogens is 398 g/mol. The van der Waals surface area contributed by atoms with Crippen LogP contribution in [0.1, 0.15) is 23.9 Å². The quantitative estimate of drug-likeness (QED) is 0.471. The topological polar surface area (TPSA) is 73.3 Å². The van der Waals surface area contributed by atoms with Crippen molar-refractivity contribution < 1.29 is 9.47 Å². The van der Waals surface area contributed by atoms with E-state index in [1.54, 1.807) is 31.8 Å². The summed E-state index contributed by atoms with van der Waals surface area (Å²) in [4.78, 5) is 11.9. The maximum Gasteiger partial charge on any atom is 0.246 e. The number of hydrogen-bond acceptors (Lipinski definition) is 8. The summed E-state index contributed by atoms with van der Waals surface area (Å²) < 4.78 is 12.3. The predicted molar refractivity (Wildman–Crippen MR) is 117 cm³/mol. The number of nitrogens with zero attached hydrogens (tertiary/aromatic N) is 5. The number of para-hydroxylation sites is 1. The second-order valence-electron chi connectivity index (χ2n) is 7.05. The van der Waals surface area contributed by atoms with Crippen molar-refractivity contribution in [1.29, 1.82) is 0 Å². The first kappa shape index (κ1) is 18.7. The standard InChI is InChI=1S/C22H21N5O2S/c1-28-17-9-5-10-18(29-2)20(17)15-13-23-26-22(25-15)27-12-6-8-16(27)21-24-14-7-3-4-11-19(14)30-21/h3-5,7,9-11,13,16H,6,8,12H2,1-2H3. The smallest absolute Gasteiger partial charge is 0.246 e. The van der Waals surface area contributed by atoms with E-state index in [1.807, 2.05) is 30.3 Å². The van der Waals surface area contributed by atoms with Gasteiger partial charge in [-0.25, -0.2) is 9.97 Å². The Hall–Kier alpha value is -3.26. The third-order valence-corrected chi connectivity index (χ3v) is 6.47. The van der Waals surface area contributed by atoms with Gasteiger partial charge in [-0.05, 0) is 37.1 Å². The van der Waals surface area contributed by atoms with Crippen LogP contribution < -0.4 is 14.4 Å². The molecule has 4 aromatic rings. The number of anilines is 1. The molecule has 3 heterocycles. The van der Waals surface area contributed by atoms with Crippen LogP contribution in [-0.2, 0) is 0 Å². The van der Waals surface area contributed by atoms with E-state index in [9.17, 15) is 0 Å². The fraction of sp³-hybridized carbons (Fsp3) is 0.273. The van der Waals surface area contributed by atoms with E-state index in [1.165, 1.54) is 4.70 Å². The first-order chi connectivity index (χ1) is 14.8. The van der Waals surface area contributed by atoms with Crippen molar-refractivity contribution >= 4 is 27.5 Å². The number of aromatic nitrogens is 4. The molecule has 30 heavy (non-hydrogen) atoms. The predicted octanol–water partition coefficient (Wildman–Crippen LogP) is 4.51. The molecule has 0 aliphatic carbocycles. The molecular formula is C22H21N5O2S. The van der Waals surface area contributed by atoms with E-state index in [0.717, 1.165) is 35.5 Å². The lowest BCUT2D eigenvalue weighted by Gasteiger charge is -2.23. The molecule has 7 nitrogen and oxygen atoms in total. The third kappa shape index (κ3) is 3.23. The minimum Gasteiger partial charge on any atom is -0.496 e. The van der Waals surface area contributed by atoms with Gasteiger partial charge in [0.25, 0.3) is 0 Å². The largest absolute Gasteiger partial charge is 0.496 e. The van der Waals surface area contributed by atoms with Crippen molar-refractivity contribution in [2.24, 2.45) is 0 Å². The maximum atomic E-state index is 5.54. The summed E-state index contributed by atoms with van der Waals surface area (Å²) in [5, 5.41) is 9.69. The summed E-state index contributed by atoms with van der Waals surface area (Å²) in [7, 11) is 3.27. The fourth-order valence-corrected chi connectivity index (χ4v) is 5.05. The molecule has 1 unspecified atom stereocenters. The van der Waals surface area contributed by atoms with Gasteiger partial charge in [0.15, 0.2) is 0 Å². The van der Waals surface area contributed by atoms with E-state index in [2.05, 4.69) is 27.2 Å². The molecule has 1 fully saturated rings. The lowest BCUT2D eigenvalue weighted by atomic mass is 10.1. The molecule has 1 aliphatic heterocycles. The number of fused-ring (bicyclic) bond motifs is 1. The Morgan fingerprint density at radius 3 is 2.57 bits per heavy atom. The minimum absolute atomic E-state index is 0.152. The van der Waals surface area contributed by atoms with Crippen LogP contribution in [0.15, 0.2) is 48.7 Å². The number of rotatable bonds is 5. The van der Waals surface area contributed by atoms with Gasteiger partial charge >= 0.3 is 0 Å². The van der Waals surface area contributed by atoms with E-state index >= 15 is 0 Å². The van der Waals surface area contributed by atoms with Gasteiger partial charge in [0.1, 0.15) is 22.2 Å². The maximum absolute atomic E-state index is 5.54. The molecule has 152 valence electrons. The fourth-order valence-electron chi connectivity index (χ4n) is 3.94. The van der Waals surface area contributed by atoms with E-state index in [-0.39, 0.29) is 6.04 Å². The van der Waals surface area contributed by atoms with Gasteiger partial charge in [-0.15, -0.1) is 16.4 Å². The molecule has 0 N–H and O–H groups in total. The van der Waals surface area contributed by atoms with Crippen LogP contribution in [0.25, 0.3) is 21.5 Å². The molecule has 0 radical (unpaired) electrons. The summed E-state index contributed by atoms with van der Waals surface area (Å²) in [5.74, 6) is 1.97. The Labute approximate surface area is 178 Å². The van der Waals surface area contributed by atoms with Gasteiger partial charge in [-0.2, -0.15) is 5.10 Å². The normalized spacial score (nSPS) is 16.2. The average molecular weight is 420 g/mol. The van der Waals surface area contributed by atoms with Crippen molar-refractivity contribution in [3.63, 3.8) is 0 Å². The van der Waals surface area contributed by atoms with Crippen molar-refractivity contribution in [3.8, 4) is 22.8 Å². The van der Waals surface area contributed by atoms with Crippen molar-refractivity contribution in [1.82, 2.24) is 20.2 Å². The summed E-state index contributed by atoms with van der Waals surface area (Å²) >= 11 is 1.74. The van der Waals surface area contributed by atoms with Crippen LogP contribution in [0.4, 0.5) is 5.95 Å². The Morgan fingerprint density at radius 1 is 1.00 bits per heavy atom. The van der Waals surface area contributed by atoms with Crippen LogP contribution in [-0.4, -0.2) is 40.9 Å². The lowest BCUT2D eigenvalue weighted by molar-refractivity contribution is 0.397. The highest BCUT2D eigenvalue weighted by atomic mass is 32.1. The van der Waals surface area contributed by atoms with Gasteiger partial charge in [0.2, 0.25) is 5.95 Å². The van der Waals surface area contributed by atoms with Gasteiger partial charge in [-0.3, -0.25) is 0 Å². The molecule has 1 atom stereocenters. The highest BCUT2D eigenvalue weighted by Crippen LogP contribution is 2.40. The Kier molecular flexibility index (Phi) is 4.92. The van der Waals surface area contributed by atoms with Crippen LogP contribution in [0, 0.1) is 0 Å². The summed E-state index contributed by atoms with van der Waals surface area (Å²) in [6.07, 6.45) is 3.73. The lowest BCUT2D eigenvalue weighted by Crippen LogP contribution is -2.25. The first-order valence-corrected chi connectivity index (χ1v) is 10.6. The highest BCUT2D eigenvalue weighted by Gasteiger charge is 2.31. The zero-order valence-electron chi connectivity index (χ0n) is 16.8. The SMILES string of the molecule is COc1cccc(OC)c1-c1cnnc(N2CCCC2c2nc3ccccc3s2)n1. The molecule has 1 aliphatic rings. The molecule has 2 aromatic heterocycles. The number of benzene rings is 2. The second kappa shape index (κ2) is 7.87. The van der Waals surface area contributed by atoms with Gasteiger partial charge in [-0.1, -0.05) is 18.2 Å². The molecule has 0 spiro atoms. The number of thiazole rings is 1. The first-order valence-electron chi connectivity index (χ1n) is 9.81. The summed E-state index contributed by atoms with van der Waals surface area (Å²) in [5.41, 5.74) is 2.48. The third-order valence-electron chi connectivity index (χ3n) is 5.34. The van der Waals surface area contributed by atoms with Crippen LogP contribution >= 0.6 is 11.3 Å². The molecule has 2 aromatic carbocycles. The van der Waals surface area contributed by atoms with Crippen LogP contribution in [0.3, 0.4) is 0 Å². The van der Waals surface area contributed by atoms with Gasteiger partial charge in [0, 0.05) is 6.54 Å². The Morgan fingerprint density at radius 2 is 1.80 bits per heavy atom. The number of methoxy groups -OCH3 is 2. The van der Waals surface area contributed by atoms with Gasteiger partial charge in [0.05, 0.1) is 42.2 Å². The van der Waals surface area contributed by atoms with Crippen molar-refractivity contribution in [2.75, 3.05) is 25.7 Å². The summed E-state index contributed by atoms with van der Waals surface area (Å²) in [6, 6.07) is 14.1. The van der Waals surface area contributed by atoms with E-state index < -0.39 is 0 Å². The van der Waals surface area contributed by atoms with Crippen LogP contribution in [0.5, 0.6) is 11.5 Å².